The lowest BCUT2D eigenvalue weighted by Gasteiger charge is -2.43. The second-order valence-corrected chi connectivity index (χ2v) is 7.59. The van der Waals surface area contributed by atoms with Gasteiger partial charge in [-0.2, -0.15) is 0 Å². The van der Waals surface area contributed by atoms with Crippen LogP contribution < -0.4 is 11.1 Å². The number of amides is 1. The number of nitrogen functional groups attached to an aromatic ring is 1. The molecule has 1 aromatic carbocycles. The minimum Gasteiger partial charge on any atom is -0.399 e. The van der Waals surface area contributed by atoms with Crippen molar-refractivity contribution >= 4 is 11.6 Å². The fourth-order valence-corrected chi connectivity index (χ4v) is 4.62. The van der Waals surface area contributed by atoms with E-state index in [1.807, 2.05) is 0 Å². The summed E-state index contributed by atoms with van der Waals surface area (Å²) in [4.78, 5) is 12.5. The lowest BCUT2D eigenvalue weighted by molar-refractivity contribution is 0.0737. The molecular formula is C17H23FN2O. The monoisotopic (exact) mass is 290 g/mol. The van der Waals surface area contributed by atoms with Gasteiger partial charge in [0.15, 0.2) is 0 Å². The topological polar surface area (TPSA) is 55.1 Å². The minimum absolute atomic E-state index is 0.0849. The highest BCUT2D eigenvalue weighted by atomic mass is 19.1. The second-order valence-electron chi connectivity index (χ2n) is 7.59. The molecule has 2 bridgehead atoms. The van der Waals surface area contributed by atoms with E-state index in [2.05, 4.69) is 26.1 Å². The van der Waals surface area contributed by atoms with Gasteiger partial charge >= 0.3 is 0 Å². The third-order valence-electron chi connectivity index (χ3n) is 5.73. The molecule has 1 amide bonds. The van der Waals surface area contributed by atoms with Gasteiger partial charge in [-0.1, -0.05) is 20.8 Å². The number of nitrogens with two attached hydrogens (primary N) is 1. The molecule has 3 N–H and O–H groups in total. The van der Waals surface area contributed by atoms with Gasteiger partial charge in [0.05, 0.1) is 0 Å². The molecule has 3 atom stereocenters. The minimum atomic E-state index is -0.474. The summed E-state index contributed by atoms with van der Waals surface area (Å²) in [6, 6.07) is 4.12. The molecular weight excluding hydrogens is 267 g/mol. The van der Waals surface area contributed by atoms with Gasteiger partial charge in [-0.25, -0.2) is 4.39 Å². The SMILES string of the molecule is CC12CCC(C1)C(C)(C)C2NC(=O)c1cc(N)cc(F)c1. The van der Waals surface area contributed by atoms with Crippen molar-refractivity contribution in [3.05, 3.63) is 29.6 Å². The quantitative estimate of drug-likeness (QED) is 0.821. The molecule has 0 heterocycles. The third-order valence-corrected chi connectivity index (χ3v) is 5.73. The molecule has 2 aliphatic rings. The summed E-state index contributed by atoms with van der Waals surface area (Å²) < 4.78 is 13.4. The van der Waals surface area contributed by atoms with Crippen LogP contribution in [-0.4, -0.2) is 11.9 Å². The lowest BCUT2D eigenvalue weighted by atomic mass is 9.68. The van der Waals surface area contributed by atoms with Gasteiger partial charge in [-0.05, 0) is 54.2 Å². The van der Waals surface area contributed by atoms with Gasteiger partial charge < -0.3 is 11.1 Å². The van der Waals surface area contributed by atoms with E-state index in [-0.39, 0.29) is 28.5 Å². The van der Waals surface area contributed by atoms with Crippen LogP contribution >= 0.6 is 0 Å². The Hall–Kier alpha value is -1.58. The Morgan fingerprint density at radius 1 is 1.33 bits per heavy atom. The Morgan fingerprint density at radius 3 is 2.62 bits per heavy atom. The van der Waals surface area contributed by atoms with E-state index in [1.54, 1.807) is 0 Å². The molecule has 2 aliphatic carbocycles. The Kier molecular flexibility index (Phi) is 3.05. The summed E-state index contributed by atoms with van der Waals surface area (Å²) in [6.45, 7) is 6.71. The first kappa shape index (κ1) is 14.4. The zero-order chi connectivity index (χ0) is 15.4. The van der Waals surface area contributed by atoms with Crippen LogP contribution in [0.25, 0.3) is 0 Å². The van der Waals surface area contributed by atoms with E-state index >= 15 is 0 Å². The van der Waals surface area contributed by atoms with Crippen molar-refractivity contribution in [3.63, 3.8) is 0 Å². The van der Waals surface area contributed by atoms with E-state index in [0.29, 0.717) is 11.5 Å². The highest BCUT2D eigenvalue weighted by molar-refractivity contribution is 5.95. The Balaban J connectivity index is 1.84. The summed E-state index contributed by atoms with van der Waals surface area (Å²) in [5.41, 5.74) is 6.44. The standard InChI is InChI=1S/C17H23FN2O/c1-16(2)11-4-5-17(3,9-11)15(16)20-14(21)10-6-12(18)8-13(19)7-10/h6-8,11,15H,4-5,9,19H2,1-3H3,(H,20,21). The van der Waals surface area contributed by atoms with Crippen LogP contribution in [0.5, 0.6) is 0 Å². The Labute approximate surface area is 125 Å². The lowest BCUT2D eigenvalue weighted by Crippen LogP contribution is -2.52. The molecule has 0 aromatic heterocycles. The molecule has 0 spiro atoms. The Morgan fingerprint density at radius 2 is 2.05 bits per heavy atom. The zero-order valence-corrected chi connectivity index (χ0v) is 12.9. The number of nitrogens with one attached hydrogen (secondary N) is 1. The van der Waals surface area contributed by atoms with Crippen LogP contribution in [0.4, 0.5) is 10.1 Å². The predicted molar refractivity (Wildman–Crippen MR) is 81.3 cm³/mol. The van der Waals surface area contributed by atoms with E-state index < -0.39 is 5.82 Å². The average Bonchev–Trinajstić information content (AvgIpc) is 2.84. The smallest absolute Gasteiger partial charge is 0.251 e. The number of anilines is 1. The number of carbonyl (C=O) groups is 1. The molecule has 4 heteroatoms. The number of rotatable bonds is 2. The van der Waals surface area contributed by atoms with Crippen molar-refractivity contribution in [2.75, 3.05) is 5.73 Å². The molecule has 0 radical (unpaired) electrons. The van der Waals surface area contributed by atoms with Gasteiger partial charge in [0.1, 0.15) is 5.82 Å². The third kappa shape index (κ3) is 2.21. The number of carbonyl (C=O) groups excluding carboxylic acids is 1. The van der Waals surface area contributed by atoms with E-state index in [4.69, 9.17) is 5.73 Å². The van der Waals surface area contributed by atoms with Gasteiger partial charge in [-0.3, -0.25) is 4.79 Å². The average molecular weight is 290 g/mol. The molecule has 114 valence electrons. The Bertz CT molecular complexity index is 573. The van der Waals surface area contributed by atoms with Crippen LogP contribution in [0.15, 0.2) is 18.2 Å². The van der Waals surface area contributed by atoms with Crippen molar-refractivity contribution < 1.29 is 9.18 Å². The van der Waals surface area contributed by atoms with Crippen molar-refractivity contribution in [2.24, 2.45) is 16.7 Å². The summed E-state index contributed by atoms with van der Waals surface area (Å²) >= 11 is 0. The molecule has 2 saturated carbocycles. The zero-order valence-electron chi connectivity index (χ0n) is 12.9. The summed E-state index contributed by atoms with van der Waals surface area (Å²) in [5, 5.41) is 3.15. The predicted octanol–water partition coefficient (Wildman–Crippen LogP) is 3.35. The number of hydrogen-bond acceptors (Lipinski definition) is 2. The number of fused-ring (bicyclic) bond motifs is 2. The van der Waals surface area contributed by atoms with Crippen LogP contribution in [0.2, 0.25) is 0 Å². The second kappa shape index (κ2) is 4.46. The molecule has 21 heavy (non-hydrogen) atoms. The molecule has 3 nitrogen and oxygen atoms in total. The molecule has 3 unspecified atom stereocenters. The van der Waals surface area contributed by atoms with E-state index in [0.717, 1.165) is 12.8 Å². The first-order valence-electron chi connectivity index (χ1n) is 7.59. The van der Waals surface area contributed by atoms with Crippen LogP contribution in [0.3, 0.4) is 0 Å². The molecule has 0 saturated heterocycles. The number of hydrogen-bond donors (Lipinski definition) is 2. The van der Waals surface area contributed by atoms with Gasteiger partial charge in [-0.15, -0.1) is 0 Å². The first-order chi connectivity index (χ1) is 9.72. The fourth-order valence-electron chi connectivity index (χ4n) is 4.62. The summed E-state index contributed by atoms with van der Waals surface area (Å²) in [5.74, 6) is -0.0445. The first-order valence-corrected chi connectivity index (χ1v) is 7.59. The van der Waals surface area contributed by atoms with Crippen molar-refractivity contribution in [3.8, 4) is 0 Å². The number of benzene rings is 1. The maximum Gasteiger partial charge on any atom is 0.251 e. The number of halogens is 1. The maximum atomic E-state index is 13.4. The highest BCUT2D eigenvalue weighted by Gasteiger charge is 2.59. The van der Waals surface area contributed by atoms with Crippen molar-refractivity contribution in [2.45, 2.75) is 46.1 Å². The van der Waals surface area contributed by atoms with E-state index in [9.17, 15) is 9.18 Å². The van der Waals surface area contributed by atoms with E-state index in [1.165, 1.54) is 24.6 Å². The van der Waals surface area contributed by atoms with Crippen LogP contribution in [-0.2, 0) is 0 Å². The van der Waals surface area contributed by atoms with Gasteiger partial charge in [0.25, 0.3) is 5.91 Å². The molecule has 3 rings (SSSR count). The normalized spacial score (nSPS) is 33.1. The molecule has 0 aliphatic heterocycles. The largest absolute Gasteiger partial charge is 0.399 e. The maximum absolute atomic E-state index is 13.4. The molecule has 2 fully saturated rings. The summed E-state index contributed by atoms with van der Waals surface area (Å²) in [7, 11) is 0. The summed E-state index contributed by atoms with van der Waals surface area (Å²) in [6.07, 6.45) is 3.55. The van der Waals surface area contributed by atoms with Gasteiger partial charge in [0.2, 0.25) is 0 Å². The van der Waals surface area contributed by atoms with Crippen LogP contribution in [0.1, 0.15) is 50.4 Å². The van der Waals surface area contributed by atoms with Crippen molar-refractivity contribution in [1.82, 2.24) is 5.32 Å². The molecule has 1 aromatic rings. The fraction of sp³-hybridized carbons (Fsp3) is 0.588. The highest BCUT2D eigenvalue weighted by Crippen LogP contribution is 2.62. The van der Waals surface area contributed by atoms with Crippen LogP contribution in [0, 0.1) is 22.6 Å². The van der Waals surface area contributed by atoms with Crippen molar-refractivity contribution in [1.29, 1.82) is 0 Å². The van der Waals surface area contributed by atoms with Gasteiger partial charge in [0, 0.05) is 17.3 Å².